The van der Waals surface area contributed by atoms with Crippen LogP contribution in [-0.4, -0.2) is 31.4 Å². The van der Waals surface area contributed by atoms with E-state index < -0.39 is 10.0 Å². The van der Waals surface area contributed by atoms with E-state index in [4.69, 9.17) is 4.74 Å². The number of hydrogen-bond donors (Lipinski definition) is 0. The van der Waals surface area contributed by atoms with Crippen molar-refractivity contribution >= 4 is 10.0 Å². The number of rotatable bonds is 3. The Kier molecular flexibility index (Phi) is 3.87. The van der Waals surface area contributed by atoms with Gasteiger partial charge in [0.2, 0.25) is 10.0 Å². The maximum atomic E-state index is 12.3. The van der Waals surface area contributed by atoms with Crippen LogP contribution in [0.3, 0.4) is 0 Å². The van der Waals surface area contributed by atoms with Crippen LogP contribution >= 0.6 is 0 Å². The second kappa shape index (κ2) is 5.13. The van der Waals surface area contributed by atoms with Crippen LogP contribution in [0.1, 0.15) is 33.6 Å². The van der Waals surface area contributed by atoms with Gasteiger partial charge in [-0.2, -0.15) is 4.31 Å². The second-order valence-corrected chi connectivity index (χ2v) is 7.73. The first-order valence-electron chi connectivity index (χ1n) is 6.58. The van der Waals surface area contributed by atoms with Crippen molar-refractivity contribution in [2.24, 2.45) is 0 Å². The molecule has 0 radical (unpaired) electrons. The zero-order valence-corrected chi connectivity index (χ0v) is 12.5. The lowest BCUT2D eigenvalue weighted by Crippen LogP contribution is -2.27. The lowest BCUT2D eigenvalue weighted by atomic mass is 10.2. The summed E-state index contributed by atoms with van der Waals surface area (Å²) in [6.07, 6.45) is 1.90. The molecule has 2 rings (SSSR count). The highest BCUT2D eigenvalue weighted by Crippen LogP contribution is 2.24. The number of ether oxygens (including phenoxy) is 1. The van der Waals surface area contributed by atoms with Crippen molar-refractivity contribution in [3.63, 3.8) is 0 Å². The third-order valence-electron chi connectivity index (χ3n) is 2.95. The van der Waals surface area contributed by atoms with Crippen molar-refractivity contribution in [2.75, 3.05) is 13.1 Å². The van der Waals surface area contributed by atoms with Gasteiger partial charge < -0.3 is 4.74 Å². The molecule has 0 aromatic heterocycles. The van der Waals surface area contributed by atoms with Crippen LogP contribution in [0, 0.1) is 0 Å². The van der Waals surface area contributed by atoms with Gasteiger partial charge in [-0.25, -0.2) is 8.42 Å². The van der Waals surface area contributed by atoms with Crippen LogP contribution in [0.4, 0.5) is 0 Å². The summed E-state index contributed by atoms with van der Waals surface area (Å²) in [6.45, 7) is 7.14. The monoisotopic (exact) mass is 283 g/mol. The largest absolute Gasteiger partial charge is 0.488 e. The molecule has 0 amide bonds. The molecule has 0 atom stereocenters. The summed E-state index contributed by atoms with van der Waals surface area (Å²) in [5, 5.41) is 0. The first-order valence-corrected chi connectivity index (χ1v) is 8.02. The molecule has 0 spiro atoms. The van der Waals surface area contributed by atoms with Gasteiger partial charge >= 0.3 is 0 Å². The predicted molar refractivity (Wildman–Crippen MR) is 74.8 cm³/mol. The van der Waals surface area contributed by atoms with E-state index in [0.29, 0.717) is 23.7 Å². The first-order chi connectivity index (χ1) is 8.79. The Morgan fingerprint density at radius 2 is 1.58 bits per heavy atom. The van der Waals surface area contributed by atoms with E-state index in [-0.39, 0.29) is 5.60 Å². The van der Waals surface area contributed by atoms with E-state index in [9.17, 15) is 8.42 Å². The summed E-state index contributed by atoms with van der Waals surface area (Å²) in [7, 11) is -3.32. The van der Waals surface area contributed by atoms with E-state index in [1.165, 1.54) is 0 Å². The van der Waals surface area contributed by atoms with E-state index in [2.05, 4.69) is 0 Å². The molecule has 1 aromatic rings. The standard InChI is InChI=1S/C14H21NO3S/c1-14(2,3)18-12-6-8-13(9-7-12)19(16,17)15-10-4-5-11-15/h6-9H,4-5,10-11H2,1-3H3. The summed E-state index contributed by atoms with van der Waals surface area (Å²) < 4.78 is 31.9. The second-order valence-electron chi connectivity index (χ2n) is 5.80. The lowest BCUT2D eigenvalue weighted by molar-refractivity contribution is 0.131. The van der Waals surface area contributed by atoms with Gasteiger partial charge in [-0.05, 0) is 57.9 Å². The topological polar surface area (TPSA) is 46.6 Å². The molecule has 106 valence electrons. The lowest BCUT2D eigenvalue weighted by Gasteiger charge is -2.21. The Bertz CT molecular complexity index is 523. The summed E-state index contributed by atoms with van der Waals surface area (Å²) in [6, 6.07) is 6.67. The highest BCUT2D eigenvalue weighted by molar-refractivity contribution is 7.89. The summed E-state index contributed by atoms with van der Waals surface area (Å²) in [4.78, 5) is 0.343. The van der Waals surface area contributed by atoms with Crippen molar-refractivity contribution in [1.29, 1.82) is 0 Å². The summed E-state index contributed by atoms with van der Waals surface area (Å²) in [5.74, 6) is 0.688. The quantitative estimate of drug-likeness (QED) is 0.856. The molecule has 1 aliphatic heterocycles. The minimum Gasteiger partial charge on any atom is -0.488 e. The Morgan fingerprint density at radius 3 is 2.05 bits per heavy atom. The molecule has 19 heavy (non-hydrogen) atoms. The molecule has 4 nitrogen and oxygen atoms in total. The molecule has 0 aliphatic carbocycles. The van der Waals surface area contributed by atoms with Crippen molar-refractivity contribution in [3.05, 3.63) is 24.3 Å². The van der Waals surface area contributed by atoms with Gasteiger partial charge in [-0.1, -0.05) is 0 Å². The van der Waals surface area contributed by atoms with Gasteiger partial charge in [-0.15, -0.1) is 0 Å². The maximum Gasteiger partial charge on any atom is 0.243 e. The molecule has 0 N–H and O–H groups in total. The molecular formula is C14H21NO3S. The molecule has 0 unspecified atom stereocenters. The fourth-order valence-corrected chi connectivity index (χ4v) is 3.63. The van der Waals surface area contributed by atoms with Gasteiger partial charge in [0, 0.05) is 13.1 Å². The van der Waals surface area contributed by atoms with Gasteiger partial charge in [0.1, 0.15) is 11.4 Å². The zero-order chi connectivity index (χ0) is 14.1. The summed E-state index contributed by atoms with van der Waals surface area (Å²) in [5.41, 5.74) is -0.282. The molecule has 5 heteroatoms. The van der Waals surface area contributed by atoms with E-state index in [1.54, 1.807) is 28.6 Å². The molecule has 0 bridgehead atoms. The van der Waals surface area contributed by atoms with E-state index in [1.807, 2.05) is 20.8 Å². The van der Waals surface area contributed by atoms with E-state index in [0.717, 1.165) is 12.8 Å². The number of benzene rings is 1. The maximum absolute atomic E-state index is 12.3. The van der Waals surface area contributed by atoms with Crippen LogP contribution in [0.5, 0.6) is 5.75 Å². The van der Waals surface area contributed by atoms with Crippen LogP contribution in [-0.2, 0) is 10.0 Å². The molecule has 1 fully saturated rings. The fraction of sp³-hybridized carbons (Fsp3) is 0.571. The summed E-state index contributed by atoms with van der Waals surface area (Å²) >= 11 is 0. The molecular weight excluding hydrogens is 262 g/mol. The fourth-order valence-electron chi connectivity index (χ4n) is 2.11. The van der Waals surface area contributed by atoms with Crippen molar-refractivity contribution in [2.45, 2.75) is 44.1 Å². The van der Waals surface area contributed by atoms with Crippen LogP contribution < -0.4 is 4.74 Å². The highest BCUT2D eigenvalue weighted by atomic mass is 32.2. The van der Waals surface area contributed by atoms with Gasteiger partial charge in [-0.3, -0.25) is 0 Å². The molecule has 1 aromatic carbocycles. The smallest absolute Gasteiger partial charge is 0.243 e. The normalized spacial score (nSPS) is 17.6. The van der Waals surface area contributed by atoms with Crippen LogP contribution in [0.15, 0.2) is 29.2 Å². The van der Waals surface area contributed by atoms with E-state index >= 15 is 0 Å². The minimum atomic E-state index is -3.32. The number of hydrogen-bond acceptors (Lipinski definition) is 3. The van der Waals surface area contributed by atoms with Gasteiger partial charge in [0.05, 0.1) is 4.90 Å². The molecule has 1 heterocycles. The SMILES string of the molecule is CC(C)(C)Oc1ccc(S(=O)(=O)N2CCCC2)cc1. The Labute approximate surface area is 115 Å². The highest BCUT2D eigenvalue weighted by Gasteiger charge is 2.27. The molecule has 1 aliphatic rings. The van der Waals surface area contributed by atoms with Crippen molar-refractivity contribution < 1.29 is 13.2 Å². The van der Waals surface area contributed by atoms with Crippen LogP contribution in [0.2, 0.25) is 0 Å². The third kappa shape index (κ3) is 3.48. The number of nitrogens with zero attached hydrogens (tertiary/aromatic N) is 1. The van der Waals surface area contributed by atoms with Crippen LogP contribution in [0.25, 0.3) is 0 Å². The average molecular weight is 283 g/mol. The average Bonchev–Trinajstić information content (AvgIpc) is 2.81. The molecule has 1 saturated heterocycles. The first kappa shape index (κ1) is 14.3. The molecule has 0 saturated carbocycles. The van der Waals surface area contributed by atoms with Crippen molar-refractivity contribution in [3.8, 4) is 5.75 Å². The predicted octanol–water partition coefficient (Wildman–Crippen LogP) is 2.65. The van der Waals surface area contributed by atoms with Crippen molar-refractivity contribution in [1.82, 2.24) is 4.31 Å². The zero-order valence-electron chi connectivity index (χ0n) is 11.7. The number of sulfonamides is 1. The van der Waals surface area contributed by atoms with Gasteiger partial charge in [0.15, 0.2) is 0 Å². The Balaban J connectivity index is 2.18. The Hall–Kier alpha value is -1.07. The minimum absolute atomic E-state index is 0.282. The van der Waals surface area contributed by atoms with Gasteiger partial charge in [0.25, 0.3) is 0 Å². The third-order valence-corrected chi connectivity index (χ3v) is 4.86. The Morgan fingerprint density at radius 1 is 1.05 bits per heavy atom.